The Labute approximate surface area is 181 Å². The van der Waals surface area contributed by atoms with Crippen molar-refractivity contribution in [3.8, 4) is 0 Å². The van der Waals surface area contributed by atoms with E-state index < -0.39 is 6.55 Å². The van der Waals surface area contributed by atoms with Crippen molar-refractivity contribution in [3.63, 3.8) is 0 Å². The number of rotatable bonds is 5. The minimum Gasteiger partial charge on any atom is -0.295 e. The van der Waals surface area contributed by atoms with Crippen LogP contribution in [0, 0.1) is 0 Å². The van der Waals surface area contributed by atoms with Gasteiger partial charge in [-0.2, -0.15) is 8.78 Å². The van der Waals surface area contributed by atoms with E-state index in [4.69, 9.17) is 0 Å². The van der Waals surface area contributed by atoms with E-state index in [1.165, 1.54) is 11.3 Å². The number of piperazine rings is 1. The topological polar surface area (TPSA) is 58.7 Å². The summed E-state index contributed by atoms with van der Waals surface area (Å²) in [5.74, 6) is 0.391. The molecule has 31 heavy (non-hydrogen) atoms. The predicted octanol–water partition coefficient (Wildman–Crippen LogP) is 3.38. The Balaban J connectivity index is 1.29. The highest BCUT2D eigenvalue weighted by molar-refractivity contribution is 7.15. The summed E-state index contributed by atoms with van der Waals surface area (Å²) in [5.41, 5.74) is 1.73. The molecule has 0 radical (unpaired) electrons. The number of benzene rings is 1. The molecule has 1 saturated heterocycles. The molecule has 1 unspecified atom stereocenters. The summed E-state index contributed by atoms with van der Waals surface area (Å²) in [6.45, 7) is 2.89. The summed E-state index contributed by atoms with van der Waals surface area (Å²) in [6.07, 6.45) is 1.73. The molecule has 1 atom stereocenters. The molecule has 1 aliphatic heterocycles. The molecule has 1 aliphatic rings. The maximum Gasteiger partial charge on any atom is 0.320 e. The van der Waals surface area contributed by atoms with Crippen LogP contribution in [0.2, 0.25) is 0 Å². The Morgan fingerprint density at radius 3 is 2.68 bits per heavy atom. The number of thiazole rings is 1. The number of para-hydroxylation sites is 2. The van der Waals surface area contributed by atoms with Crippen LogP contribution in [0.1, 0.15) is 31.0 Å². The van der Waals surface area contributed by atoms with Gasteiger partial charge < -0.3 is 0 Å². The minimum atomic E-state index is -2.64. The first-order chi connectivity index (χ1) is 15.0. The van der Waals surface area contributed by atoms with Gasteiger partial charge in [-0.1, -0.05) is 12.1 Å². The fraction of sp³-hybridized carbons (Fsp3) is 0.381. The van der Waals surface area contributed by atoms with Crippen LogP contribution in [0.25, 0.3) is 16.0 Å². The standard InChI is InChI=1S/C21H22F2N6OS/c1-14(19-25-16-4-2-3-5-17(16)29(19)20(22)23)27-8-6-26(7-9-27)13-15-12-18(30)28-10-11-31-21(28)24-15/h2-5,10-12,14,20H,6-9,13H2,1H3. The monoisotopic (exact) mass is 444 g/mol. The van der Waals surface area contributed by atoms with Crippen LogP contribution in [0.4, 0.5) is 8.78 Å². The molecule has 0 bridgehead atoms. The van der Waals surface area contributed by atoms with Gasteiger partial charge in [0.15, 0.2) is 4.96 Å². The molecular weight excluding hydrogens is 422 g/mol. The normalized spacial score (nSPS) is 17.2. The fourth-order valence-electron chi connectivity index (χ4n) is 4.23. The molecule has 0 amide bonds. The average molecular weight is 445 g/mol. The van der Waals surface area contributed by atoms with E-state index in [0.29, 0.717) is 28.4 Å². The highest BCUT2D eigenvalue weighted by Crippen LogP contribution is 2.29. The van der Waals surface area contributed by atoms with Gasteiger partial charge in [0, 0.05) is 50.4 Å². The predicted molar refractivity (Wildman–Crippen MR) is 116 cm³/mol. The number of fused-ring (bicyclic) bond motifs is 2. The summed E-state index contributed by atoms with van der Waals surface area (Å²) in [5, 5.41) is 1.85. The van der Waals surface area contributed by atoms with Crippen molar-refractivity contribution in [2.45, 2.75) is 26.1 Å². The van der Waals surface area contributed by atoms with E-state index in [0.717, 1.165) is 36.4 Å². The van der Waals surface area contributed by atoms with Gasteiger partial charge in [0.25, 0.3) is 5.56 Å². The van der Waals surface area contributed by atoms with Gasteiger partial charge in [-0.05, 0) is 19.1 Å². The van der Waals surface area contributed by atoms with Crippen molar-refractivity contribution in [1.82, 2.24) is 28.7 Å². The minimum absolute atomic E-state index is 0.0700. The summed E-state index contributed by atoms with van der Waals surface area (Å²) in [6, 6.07) is 8.37. The molecule has 7 nitrogen and oxygen atoms in total. The molecule has 0 saturated carbocycles. The molecule has 3 aromatic heterocycles. The first-order valence-electron chi connectivity index (χ1n) is 10.2. The Morgan fingerprint density at radius 2 is 1.90 bits per heavy atom. The number of nitrogens with zero attached hydrogens (tertiary/aromatic N) is 6. The quantitative estimate of drug-likeness (QED) is 0.472. The van der Waals surface area contributed by atoms with Crippen LogP contribution in [0.5, 0.6) is 0 Å². The third-order valence-electron chi connectivity index (χ3n) is 5.89. The van der Waals surface area contributed by atoms with Gasteiger partial charge in [-0.25, -0.2) is 9.97 Å². The molecule has 10 heteroatoms. The van der Waals surface area contributed by atoms with E-state index in [9.17, 15) is 13.6 Å². The lowest BCUT2D eigenvalue weighted by atomic mass is 10.2. The summed E-state index contributed by atoms with van der Waals surface area (Å²) in [7, 11) is 0. The Morgan fingerprint density at radius 1 is 1.13 bits per heavy atom. The molecule has 0 spiro atoms. The molecule has 0 N–H and O–H groups in total. The maximum atomic E-state index is 13.8. The number of halogens is 2. The molecule has 4 heterocycles. The first-order valence-corrected chi connectivity index (χ1v) is 11.1. The van der Waals surface area contributed by atoms with E-state index in [1.54, 1.807) is 34.9 Å². The van der Waals surface area contributed by atoms with Gasteiger partial charge >= 0.3 is 6.55 Å². The van der Waals surface area contributed by atoms with Crippen molar-refractivity contribution < 1.29 is 8.78 Å². The van der Waals surface area contributed by atoms with E-state index >= 15 is 0 Å². The second-order valence-corrected chi connectivity index (χ2v) is 8.61. The molecule has 5 rings (SSSR count). The van der Waals surface area contributed by atoms with Crippen LogP contribution in [-0.2, 0) is 6.54 Å². The van der Waals surface area contributed by atoms with Crippen molar-refractivity contribution >= 4 is 27.3 Å². The van der Waals surface area contributed by atoms with Crippen molar-refractivity contribution in [2.75, 3.05) is 26.2 Å². The number of aromatic nitrogens is 4. The number of hydrogen-bond donors (Lipinski definition) is 0. The fourth-order valence-corrected chi connectivity index (χ4v) is 4.97. The van der Waals surface area contributed by atoms with Gasteiger partial charge in [0.1, 0.15) is 5.82 Å². The molecule has 1 fully saturated rings. The Hall–Kier alpha value is -2.69. The van der Waals surface area contributed by atoms with E-state index in [-0.39, 0.29) is 11.6 Å². The number of alkyl halides is 2. The third-order valence-corrected chi connectivity index (χ3v) is 6.64. The van der Waals surface area contributed by atoms with Gasteiger partial charge in [-0.3, -0.25) is 23.6 Å². The number of hydrogen-bond acceptors (Lipinski definition) is 6. The third kappa shape index (κ3) is 3.75. The van der Waals surface area contributed by atoms with Crippen LogP contribution < -0.4 is 5.56 Å². The molecule has 4 aromatic rings. The molecule has 1 aromatic carbocycles. The lowest BCUT2D eigenvalue weighted by Crippen LogP contribution is -2.47. The van der Waals surface area contributed by atoms with Gasteiger partial charge in [0.2, 0.25) is 0 Å². The van der Waals surface area contributed by atoms with Gasteiger partial charge in [-0.15, -0.1) is 11.3 Å². The smallest absolute Gasteiger partial charge is 0.295 e. The van der Waals surface area contributed by atoms with Crippen molar-refractivity contribution in [2.24, 2.45) is 0 Å². The lowest BCUT2D eigenvalue weighted by molar-refractivity contribution is 0.0557. The molecule has 162 valence electrons. The highest BCUT2D eigenvalue weighted by atomic mass is 32.1. The Bertz CT molecular complexity index is 1270. The van der Waals surface area contributed by atoms with Crippen LogP contribution in [0.3, 0.4) is 0 Å². The van der Waals surface area contributed by atoms with Crippen LogP contribution >= 0.6 is 11.3 Å². The van der Waals surface area contributed by atoms with Crippen molar-refractivity contribution in [1.29, 1.82) is 0 Å². The van der Waals surface area contributed by atoms with Crippen molar-refractivity contribution in [3.05, 3.63) is 63.8 Å². The maximum absolute atomic E-state index is 13.8. The lowest BCUT2D eigenvalue weighted by Gasteiger charge is -2.37. The van der Waals surface area contributed by atoms with Crippen LogP contribution in [-0.4, -0.2) is 54.9 Å². The Kier molecular flexibility index (Phi) is 5.28. The molecular formula is C21H22F2N6OS. The highest BCUT2D eigenvalue weighted by Gasteiger charge is 2.28. The second kappa shape index (κ2) is 8.10. The summed E-state index contributed by atoms with van der Waals surface area (Å²) < 4.78 is 30.2. The zero-order chi connectivity index (χ0) is 21.5. The average Bonchev–Trinajstić information content (AvgIpc) is 3.38. The second-order valence-electron chi connectivity index (χ2n) is 7.74. The summed E-state index contributed by atoms with van der Waals surface area (Å²) in [4.78, 5) is 26.4. The zero-order valence-corrected chi connectivity index (χ0v) is 17.8. The molecule has 0 aliphatic carbocycles. The summed E-state index contributed by atoms with van der Waals surface area (Å²) >= 11 is 1.44. The van der Waals surface area contributed by atoms with Crippen LogP contribution in [0.15, 0.2) is 46.7 Å². The number of imidazole rings is 1. The first kappa shape index (κ1) is 20.2. The SMILES string of the molecule is CC(c1nc2ccccc2n1C(F)F)N1CCN(Cc2cc(=O)n3ccsc3n2)CC1. The zero-order valence-electron chi connectivity index (χ0n) is 17.0. The largest absolute Gasteiger partial charge is 0.320 e. The van der Waals surface area contributed by atoms with Gasteiger partial charge in [0.05, 0.1) is 22.8 Å². The van der Waals surface area contributed by atoms with E-state index in [1.807, 2.05) is 18.4 Å². The van der Waals surface area contributed by atoms with E-state index in [2.05, 4.69) is 19.8 Å².